The van der Waals surface area contributed by atoms with Gasteiger partial charge in [0.15, 0.2) is 0 Å². The van der Waals surface area contributed by atoms with Crippen LogP contribution in [-0.4, -0.2) is 34.9 Å². The number of nitro benzene ring substituents is 1. The van der Waals surface area contributed by atoms with Gasteiger partial charge in [-0.15, -0.1) is 0 Å². The van der Waals surface area contributed by atoms with Crippen LogP contribution >= 0.6 is 0 Å². The van der Waals surface area contributed by atoms with Gasteiger partial charge in [-0.2, -0.15) is 5.26 Å². The monoisotopic (exact) mass is 478 g/mol. The van der Waals surface area contributed by atoms with E-state index in [1.807, 2.05) is 4.90 Å². The van der Waals surface area contributed by atoms with E-state index in [-0.39, 0.29) is 11.6 Å². The average molecular weight is 479 g/mol. The summed E-state index contributed by atoms with van der Waals surface area (Å²) in [5, 5.41) is 21.6. The van der Waals surface area contributed by atoms with Crippen molar-refractivity contribution in [1.29, 1.82) is 5.26 Å². The molecule has 1 atom stereocenters. The Bertz CT molecular complexity index is 990. The first-order valence-corrected chi connectivity index (χ1v) is 12.8. The Morgan fingerprint density at radius 2 is 1.46 bits per heavy atom. The highest BCUT2D eigenvalue weighted by atomic mass is 16.6. The third-order valence-electron chi connectivity index (χ3n) is 6.24. The summed E-state index contributed by atoms with van der Waals surface area (Å²) in [6, 6.07) is 14.8. The van der Waals surface area contributed by atoms with Crippen LogP contribution in [0.25, 0.3) is 0 Å². The van der Waals surface area contributed by atoms with Crippen molar-refractivity contribution in [1.82, 2.24) is 4.90 Å². The summed E-state index contributed by atoms with van der Waals surface area (Å²) in [6.07, 6.45) is 8.50. The van der Waals surface area contributed by atoms with Gasteiger partial charge < -0.3 is 9.80 Å². The summed E-state index contributed by atoms with van der Waals surface area (Å²) >= 11 is 0. The Labute approximate surface area is 209 Å². The fraction of sp³-hybridized carbons (Fsp3) is 0.500. The van der Waals surface area contributed by atoms with Gasteiger partial charge in [0.2, 0.25) is 5.91 Å². The minimum atomic E-state index is -0.719. The minimum absolute atomic E-state index is 0.0797. The highest BCUT2D eigenvalue weighted by Gasteiger charge is 2.32. The fourth-order valence-electron chi connectivity index (χ4n) is 4.31. The van der Waals surface area contributed by atoms with Crippen LogP contribution < -0.4 is 4.90 Å². The molecule has 7 heteroatoms. The van der Waals surface area contributed by atoms with Crippen LogP contribution in [0, 0.1) is 21.4 Å². The molecule has 0 aliphatic carbocycles. The predicted molar refractivity (Wildman–Crippen MR) is 141 cm³/mol. The molecule has 0 unspecified atom stereocenters. The van der Waals surface area contributed by atoms with Gasteiger partial charge in [0.1, 0.15) is 17.8 Å². The molecule has 2 aromatic rings. The summed E-state index contributed by atoms with van der Waals surface area (Å²) in [5.41, 5.74) is 1.06. The van der Waals surface area contributed by atoms with Gasteiger partial charge in [-0.1, -0.05) is 76.6 Å². The topological polar surface area (TPSA) is 90.5 Å². The molecule has 2 aromatic carbocycles. The number of unbranched alkanes of at least 4 members (excludes halogenated alkanes) is 6. The third-order valence-corrected chi connectivity index (χ3v) is 6.24. The number of carbonyl (C=O) groups excluding carboxylic acids is 1. The molecule has 0 saturated carbocycles. The van der Waals surface area contributed by atoms with E-state index in [1.165, 1.54) is 6.07 Å². The first-order chi connectivity index (χ1) is 17.0. The molecule has 188 valence electrons. The Morgan fingerprint density at radius 3 is 2.00 bits per heavy atom. The van der Waals surface area contributed by atoms with E-state index >= 15 is 0 Å². The maximum atomic E-state index is 13.9. The Hall–Kier alpha value is -3.40. The molecular weight excluding hydrogens is 440 g/mol. The zero-order valence-electron chi connectivity index (χ0n) is 21.3. The normalized spacial score (nSPS) is 11.5. The SMILES string of the molecule is CCCCCCN(CCCCCC)C(=O)[C@H](C)N(c1ccccc1C#N)c1ccccc1[N+](=O)[O-]. The number of nitrogens with zero attached hydrogens (tertiary/aromatic N) is 4. The molecule has 0 spiro atoms. The van der Waals surface area contributed by atoms with Crippen molar-refractivity contribution in [2.75, 3.05) is 18.0 Å². The molecule has 0 heterocycles. The second kappa shape index (κ2) is 14.8. The number of rotatable bonds is 15. The summed E-state index contributed by atoms with van der Waals surface area (Å²) in [7, 11) is 0. The van der Waals surface area contributed by atoms with E-state index in [2.05, 4.69) is 19.9 Å². The van der Waals surface area contributed by atoms with Crippen LogP contribution in [-0.2, 0) is 4.79 Å². The molecular formula is C28H38N4O3. The summed E-state index contributed by atoms with van der Waals surface area (Å²) in [6.45, 7) is 7.43. The molecule has 2 rings (SSSR count). The highest BCUT2D eigenvalue weighted by molar-refractivity contribution is 5.90. The number of hydrogen-bond acceptors (Lipinski definition) is 5. The molecule has 0 fully saturated rings. The van der Waals surface area contributed by atoms with Crippen LogP contribution in [0.3, 0.4) is 0 Å². The zero-order chi connectivity index (χ0) is 25.6. The van der Waals surface area contributed by atoms with Crippen molar-refractivity contribution >= 4 is 23.0 Å². The van der Waals surface area contributed by atoms with E-state index < -0.39 is 11.0 Å². The lowest BCUT2D eigenvalue weighted by molar-refractivity contribution is -0.384. The van der Waals surface area contributed by atoms with Gasteiger partial charge in [-0.25, -0.2) is 0 Å². The lowest BCUT2D eigenvalue weighted by Gasteiger charge is -2.34. The number of hydrogen-bond donors (Lipinski definition) is 0. The molecule has 0 radical (unpaired) electrons. The van der Waals surface area contributed by atoms with Crippen molar-refractivity contribution in [2.24, 2.45) is 0 Å². The average Bonchev–Trinajstić information content (AvgIpc) is 2.88. The van der Waals surface area contributed by atoms with Crippen molar-refractivity contribution in [2.45, 2.75) is 78.2 Å². The molecule has 0 aliphatic heterocycles. The highest BCUT2D eigenvalue weighted by Crippen LogP contribution is 2.37. The summed E-state index contributed by atoms with van der Waals surface area (Å²) in [4.78, 5) is 28.9. The molecule has 0 saturated heterocycles. The molecule has 35 heavy (non-hydrogen) atoms. The number of para-hydroxylation sites is 3. The number of nitriles is 1. The third kappa shape index (κ3) is 7.81. The number of nitro groups is 1. The van der Waals surface area contributed by atoms with Crippen molar-refractivity contribution in [3.8, 4) is 6.07 Å². The second-order valence-electron chi connectivity index (χ2n) is 8.87. The molecule has 1 amide bonds. The maximum absolute atomic E-state index is 13.9. The van der Waals surface area contributed by atoms with Gasteiger partial charge in [-0.3, -0.25) is 14.9 Å². The quantitative estimate of drug-likeness (QED) is 0.156. The predicted octanol–water partition coefficient (Wildman–Crippen LogP) is 6.98. The van der Waals surface area contributed by atoms with Crippen LogP contribution in [0.1, 0.15) is 77.7 Å². The smallest absolute Gasteiger partial charge is 0.292 e. The number of benzene rings is 2. The Morgan fingerprint density at radius 1 is 0.914 bits per heavy atom. The molecule has 0 N–H and O–H groups in total. The van der Waals surface area contributed by atoms with Crippen molar-refractivity contribution in [3.05, 3.63) is 64.2 Å². The Kier molecular flexibility index (Phi) is 11.8. The zero-order valence-corrected chi connectivity index (χ0v) is 21.3. The fourth-order valence-corrected chi connectivity index (χ4v) is 4.31. The van der Waals surface area contributed by atoms with E-state index in [4.69, 9.17) is 0 Å². The number of amides is 1. The standard InChI is InChI=1S/C28H38N4O3/c1-4-6-8-14-20-30(21-15-9-7-5-2)28(33)23(3)31(25-17-11-10-16-24(25)22-29)26-18-12-13-19-27(26)32(34)35/h10-13,16-19,23H,4-9,14-15,20-21H2,1-3H3/t23-/m0/s1. The first kappa shape index (κ1) is 27.8. The van der Waals surface area contributed by atoms with Crippen LogP contribution in [0.2, 0.25) is 0 Å². The maximum Gasteiger partial charge on any atom is 0.292 e. The summed E-state index contributed by atoms with van der Waals surface area (Å²) < 4.78 is 0. The largest absolute Gasteiger partial charge is 0.341 e. The number of carbonyl (C=O) groups is 1. The molecule has 0 bridgehead atoms. The van der Waals surface area contributed by atoms with Crippen molar-refractivity contribution in [3.63, 3.8) is 0 Å². The van der Waals surface area contributed by atoms with E-state index in [0.717, 1.165) is 51.4 Å². The van der Waals surface area contributed by atoms with Gasteiger partial charge in [-0.05, 0) is 38.0 Å². The number of anilines is 2. The molecule has 7 nitrogen and oxygen atoms in total. The lowest BCUT2D eigenvalue weighted by Crippen LogP contribution is -2.46. The van der Waals surface area contributed by atoms with Gasteiger partial charge in [0.05, 0.1) is 16.2 Å². The van der Waals surface area contributed by atoms with Crippen LogP contribution in [0.5, 0.6) is 0 Å². The summed E-state index contributed by atoms with van der Waals surface area (Å²) in [5.74, 6) is -0.0797. The van der Waals surface area contributed by atoms with E-state index in [9.17, 15) is 20.2 Å². The van der Waals surface area contributed by atoms with E-state index in [1.54, 1.807) is 54.3 Å². The van der Waals surface area contributed by atoms with E-state index in [0.29, 0.717) is 30.0 Å². The van der Waals surface area contributed by atoms with Crippen LogP contribution in [0.15, 0.2) is 48.5 Å². The van der Waals surface area contributed by atoms with Crippen molar-refractivity contribution < 1.29 is 9.72 Å². The second-order valence-corrected chi connectivity index (χ2v) is 8.87. The molecule has 0 aromatic heterocycles. The Balaban J connectivity index is 2.46. The minimum Gasteiger partial charge on any atom is -0.341 e. The first-order valence-electron chi connectivity index (χ1n) is 12.8. The van der Waals surface area contributed by atoms with Gasteiger partial charge >= 0.3 is 0 Å². The molecule has 0 aliphatic rings. The lowest BCUT2D eigenvalue weighted by atomic mass is 10.1. The van der Waals surface area contributed by atoms with Crippen LogP contribution in [0.4, 0.5) is 17.1 Å². The van der Waals surface area contributed by atoms with Gasteiger partial charge in [0.25, 0.3) is 5.69 Å². The van der Waals surface area contributed by atoms with Gasteiger partial charge in [0, 0.05) is 19.2 Å².